The van der Waals surface area contributed by atoms with Crippen LogP contribution >= 0.6 is 0 Å². The van der Waals surface area contributed by atoms with Crippen molar-refractivity contribution in [2.75, 3.05) is 0 Å². The van der Waals surface area contributed by atoms with E-state index in [9.17, 15) is 21.6 Å². The third-order valence-electron chi connectivity index (χ3n) is 2.83. The maximum absolute atomic E-state index is 12.1. The Hall–Kier alpha value is -2.07. The van der Waals surface area contributed by atoms with Crippen molar-refractivity contribution < 1.29 is 30.7 Å². The fourth-order valence-electron chi connectivity index (χ4n) is 1.72. The summed E-state index contributed by atoms with van der Waals surface area (Å²) in [6, 6.07) is 9.21. The molecule has 0 aromatic heterocycles. The Kier molecular flexibility index (Phi) is 4.16. The van der Waals surface area contributed by atoms with Gasteiger partial charge in [-0.05, 0) is 48.5 Å². The molecule has 0 heterocycles. The summed E-state index contributed by atoms with van der Waals surface area (Å²) < 4.78 is 61.3. The van der Waals surface area contributed by atoms with Gasteiger partial charge >= 0.3 is 0 Å². The van der Waals surface area contributed by atoms with E-state index in [0.717, 1.165) is 24.3 Å². The van der Waals surface area contributed by atoms with Gasteiger partial charge in [-0.1, -0.05) is 0 Å². The lowest BCUT2D eigenvalue weighted by molar-refractivity contribution is 0.103. The lowest BCUT2D eigenvalue weighted by atomic mass is 10.0. The third kappa shape index (κ3) is 3.57. The second kappa shape index (κ2) is 5.61. The lowest BCUT2D eigenvalue weighted by Crippen LogP contribution is -2.04. The second-order valence-corrected chi connectivity index (χ2v) is 7.17. The molecular formula is C13H10O7S2. The molecule has 9 heteroatoms. The highest BCUT2D eigenvalue weighted by Gasteiger charge is 2.14. The molecule has 2 rings (SSSR count). The summed E-state index contributed by atoms with van der Waals surface area (Å²) in [5, 5.41) is 0. The summed E-state index contributed by atoms with van der Waals surface area (Å²) in [6.45, 7) is 0. The van der Waals surface area contributed by atoms with Crippen molar-refractivity contribution in [2.24, 2.45) is 0 Å². The monoisotopic (exact) mass is 342 g/mol. The SMILES string of the molecule is O=C(c1ccc(S(=O)(=O)O)cc1)c1ccc(S(=O)(=O)O)cc1. The molecule has 0 radical (unpaired) electrons. The minimum atomic E-state index is -4.34. The van der Waals surface area contributed by atoms with Crippen LogP contribution in [0.2, 0.25) is 0 Å². The zero-order valence-electron chi connectivity index (χ0n) is 10.9. The van der Waals surface area contributed by atoms with Crippen LogP contribution in [0.15, 0.2) is 58.3 Å². The average Bonchev–Trinajstić information content (AvgIpc) is 2.45. The van der Waals surface area contributed by atoms with Crippen LogP contribution in [0.3, 0.4) is 0 Å². The molecule has 0 spiro atoms. The lowest BCUT2D eigenvalue weighted by Gasteiger charge is -2.03. The van der Waals surface area contributed by atoms with Crippen molar-refractivity contribution >= 4 is 26.0 Å². The van der Waals surface area contributed by atoms with Gasteiger partial charge < -0.3 is 0 Å². The Morgan fingerprint density at radius 1 is 0.636 bits per heavy atom. The Morgan fingerprint density at radius 3 is 1.14 bits per heavy atom. The number of carbonyl (C=O) groups is 1. The van der Waals surface area contributed by atoms with E-state index in [1.54, 1.807) is 0 Å². The molecule has 0 unspecified atom stereocenters. The molecule has 22 heavy (non-hydrogen) atoms. The largest absolute Gasteiger partial charge is 0.294 e. The van der Waals surface area contributed by atoms with E-state index in [4.69, 9.17) is 9.11 Å². The molecule has 116 valence electrons. The van der Waals surface area contributed by atoms with E-state index in [1.165, 1.54) is 24.3 Å². The standard InChI is InChI=1S/C13H10O7S2/c14-13(9-1-5-11(6-2-9)21(15,16)17)10-3-7-12(8-4-10)22(18,19)20/h1-8H,(H,15,16,17)(H,18,19,20). The van der Waals surface area contributed by atoms with Crippen molar-refractivity contribution in [3.8, 4) is 0 Å². The molecule has 2 N–H and O–H groups in total. The Bertz CT molecular complexity index is 832. The Balaban J connectivity index is 2.32. The fraction of sp³-hybridized carbons (Fsp3) is 0. The van der Waals surface area contributed by atoms with Crippen LogP contribution in [0.1, 0.15) is 15.9 Å². The molecule has 0 saturated heterocycles. The van der Waals surface area contributed by atoms with Gasteiger partial charge in [-0.3, -0.25) is 13.9 Å². The Labute approximate surface area is 126 Å². The second-order valence-electron chi connectivity index (χ2n) is 4.33. The molecule has 0 aliphatic heterocycles. The molecular weight excluding hydrogens is 332 g/mol. The average molecular weight is 342 g/mol. The summed E-state index contributed by atoms with van der Waals surface area (Å²) in [5.41, 5.74) is 0.319. The third-order valence-corrected chi connectivity index (χ3v) is 4.56. The first-order valence-corrected chi connectivity index (χ1v) is 8.67. The van der Waals surface area contributed by atoms with E-state index in [1.807, 2.05) is 0 Å². The minimum absolute atomic E-state index is 0.159. The molecule has 0 atom stereocenters. The summed E-state index contributed by atoms with van der Waals surface area (Å²) in [4.78, 5) is 11.5. The fourth-order valence-corrected chi connectivity index (χ4v) is 2.68. The van der Waals surface area contributed by atoms with Crippen molar-refractivity contribution in [3.63, 3.8) is 0 Å². The molecule has 0 aliphatic carbocycles. The maximum Gasteiger partial charge on any atom is 0.294 e. The predicted octanol–water partition coefficient (Wildman–Crippen LogP) is 1.41. The van der Waals surface area contributed by atoms with Crippen molar-refractivity contribution in [1.82, 2.24) is 0 Å². The minimum Gasteiger partial charge on any atom is -0.289 e. The predicted molar refractivity (Wildman–Crippen MR) is 75.9 cm³/mol. The highest BCUT2D eigenvalue weighted by molar-refractivity contribution is 7.86. The topological polar surface area (TPSA) is 126 Å². The van der Waals surface area contributed by atoms with Gasteiger partial charge in [0.2, 0.25) is 0 Å². The van der Waals surface area contributed by atoms with Crippen molar-refractivity contribution in [2.45, 2.75) is 9.79 Å². The summed E-state index contributed by atoms with van der Waals surface area (Å²) in [5.74, 6) is -0.469. The van der Waals surface area contributed by atoms with E-state index >= 15 is 0 Å². The normalized spacial score (nSPS) is 12.1. The van der Waals surface area contributed by atoms with Gasteiger partial charge in [0.1, 0.15) is 0 Å². The molecule has 0 fully saturated rings. The van der Waals surface area contributed by atoms with Crippen LogP contribution in [0, 0.1) is 0 Å². The van der Waals surface area contributed by atoms with Gasteiger partial charge in [0.25, 0.3) is 20.2 Å². The van der Waals surface area contributed by atoms with Gasteiger partial charge in [0.15, 0.2) is 5.78 Å². The molecule has 0 amide bonds. The molecule has 0 bridgehead atoms. The van der Waals surface area contributed by atoms with Crippen LogP contribution in [-0.2, 0) is 20.2 Å². The van der Waals surface area contributed by atoms with Gasteiger partial charge in [-0.15, -0.1) is 0 Å². The number of benzene rings is 2. The van der Waals surface area contributed by atoms with Gasteiger partial charge in [0.05, 0.1) is 9.79 Å². The summed E-state index contributed by atoms with van der Waals surface area (Å²) in [7, 11) is -8.68. The molecule has 2 aromatic carbocycles. The first kappa shape index (κ1) is 16.3. The Morgan fingerprint density at radius 2 is 0.909 bits per heavy atom. The van der Waals surface area contributed by atoms with Crippen LogP contribution in [0.4, 0.5) is 0 Å². The first-order valence-electron chi connectivity index (χ1n) is 5.79. The van der Waals surface area contributed by atoms with Crippen LogP contribution in [0.5, 0.6) is 0 Å². The van der Waals surface area contributed by atoms with Crippen molar-refractivity contribution in [3.05, 3.63) is 59.7 Å². The summed E-state index contributed by atoms with van der Waals surface area (Å²) in [6.07, 6.45) is 0. The van der Waals surface area contributed by atoms with E-state index in [0.29, 0.717) is 0 Å². The zero-order chi connectivity index (χ0) is 16.5. The quantitative estimate of drug-likeness (QED) is 0.635. The zero-order valence-corrected chi connectivity index (χ0v) is 12.5. The number of hydrogen-bond acceptors (Lipinski definition) is 5. The number of hydrogen-bond donors (Lipinski definition) is 2. The van der Waals surface area contributed by atoms with Gasteiger partial charge in [-0.2, -0.15) is 16.8 Å². The highest BCUT2D eigenvalue weighted by Crippen LogP contribution is 2.16. The highest BCUT2D eigenvalue weighted by atomic mass is 32.2. The first-order chi connectivity index (χ1) is 10.1. The van der Waals surface area contributed by atoms with Gasteiger partial charge in [-0.25, -0.2) is 0 Å². The maximum atomic E-state index is 12.1. The van der Waals surface area contributed by atoms with E-state index < -0.39 is 26.0 Å². The molecule has 0 aliphatic rings. The van der Waals surface area contributed by atoms with Crippen LogP contribution in [-0.4, -0.2) is 31.7 Å². The van der Waals surface area contributed by atoms with Crippen LogP contribution < -0.4 is 0 Å². The molecule has 7 nitrogen and oxygen atoms in total. The van der Waals surface area contributed by atoms with E-state index in [-0.39, 0.29) is 20.9 Å². The number of rotatable bonds is 4. The smallest absolute Gasteiger partial charge is 0.289 e. The number of ketones is 1. The van der Waals surface area contributed by atoms with Gasteiger partial charge in [0, 0.05) is 11.1 Å². The molecule has 0 saturated carbocycles. The van der Waals surface area contributed by atoms with E-state index in [2.05, 4.69) is 0 Å². The van der Waals surface area contributed by atoms with Crippen LogP contribution in [0.25, 0.3) is 0 Å². The number of carbonyl (C=O) groups excluding carboxylic acids is 1. The molecule has 2 aromatic rings. The summed E-state index contributed by atoms with van der Waals surface area (Å²) >= 11 is 0. The van der Waals surface area contributed by atoms with Crippen molar-refractivity contribution in [1.29, 1.82) is 0 Å².